The Hall–Kier alpha value is -3.81. The molecule has 8 nitrogen and oxygen atoms in total. The van der Waals surface area contributed by atoms with Crippen molar-refractivity contribution in [2.45, 2.75) is 52.5 Å². The van der Waals surface area contributed by atoms with Gasteiger partial charge in [-0.3, -0.25) is 9.59 Å². The molecular weight excluding hydrogens is 456 g/mol. The molecule has 0 aliphatic carbocycles. The first kappa shape index (κ1) is 26.8. The van der Waals surface area contributed by atoms with E-state index in [0.29, 0.717) is 5.82 Å². The number of hydrogen-bond donors (Lipinski definition) is 1. The smallest absolute Gasteiger partial charge is 0.245 e. The van der Waals surface area contributed by atoms with Crippen molar-refractivity contribution in [3.8, 4) is 17.2 Å². The van der Waals surface area contributed by atoms with Gasteiger partial charge in [0.15, 0.2) is 0 Å². The Kier molecular flexibility index (Phi) is 8.40. The van der Waals surface area contributed by atoms with Gasteiger partial charge in [0.2, 0.25) is 11.8 Å². The summed E-state index contributed by atoms with van der Waals surface area (Å²) < 4.78 is 12.1. The molecule has 192 valence electrons. The van der Waals surface area contributed by atoms with Crippen LogP contribution in [0.2, 0.25) is 0 Å². The summed E-state index contributed by atoms with van der Waals surface area (Å²) in [7, 11) is 3.22. The SMILES string of the molecule is COc1ccc(CC(=O)N(CC(=O)Nc2cc(C(C)(C)C)nn2-c2ccc(OC)cc2)C(C)C)cc1. The van der Waals surface area contributed by atoms with E-state index in [1.54, 1.807) is 23.8 Å². The first-order valence-electron chi connectivity index (χ1n) is 12.0. The molecule has 8 heteroatoms. The van der Waals surface area contributed by atoms with Crippen molar-refractivity contribution in [1.29, 1.82) is 0 Å². The van der Waals surface area contributed by atoms with E-state index in [1.807, 2.05) is 68.4 Å². The van der Waals surface area contributed by atoms with E-state index in [2.05, 4.69) is 26.1 Å². The number of benzene rings is 2. The monoisotopic (exact) mass is 492 g/mol. The van der Waals surface area contributed by atoms with Crippen LogP contribution in [0.3, 0.4) is 0 Å². The predicted molar refractivity (Wildman–Crippen MR) is 141 cm³/mol. The third-order valence-corrected chi connectivity index (χ3v) is 5.83. The number of ether oxygens (including phenoxy) is 2. The third kappa shape index (κ3) is 6.65. The average Bonchev–Trinajstić information content (AvgIpc) is 3.27. The third-order valence-electron chi connectivity index (χ3n) is 5.83. The van der Waals surface area contributed by atoms with Gasteiger partial charge in [0, 0.05) is 17.5 Å². The van der Waals surface area contributed by atoms with Crippen LogP contribution in [0.1, 0.15) is 45.9 Å². The van der Waals surface area contributed by atoms with E-state index in [4.69, 9.17) is 14.6 Å². The molecule has 0 aliphatic rings. The lowest BCUT2D eigenvalue weighted by atomic mass is 9.92. The van der Waals surface area contributed by atoms with Crippen molar-refractivity contribution >= 4 is 17.6 Å². The molecule has 1 aromatic heterocycles. The van der Waals surface area contributed by atoms with Crippen LogP contribution in [0.15, 0.2) is 54.6 Å². The second-order valence-corrected chi connectivity index (χ2v) is 9.96. The zero-order valence-corrected chi connectivity index (χ0v) is 22.2. The number of nitrogens with zero attached hydrogens (tertiary/aromatic N) is 3. The van der Waals surface area contributed by atoms with Crippen molar-refractivity contribution in [2.24, 2.45) is 0 Å². The van der Waals surface area contributed by atoms with E-state index in [-0.39, 0.29) is 36.2 Å². The molecule has 0 bridgehead atoms. The van der Waals surface area contributed by atoms with Crippen LogP contribution in [-0.2, 0) is 21.4 Å². The van der Waals surface area contributed by atoms with Gasteiger partial charge in [-0.05, 0) is 55.8 Å². The van der Waals surface area contributed by atoms with Gasteiger partial charge in [-0.15, -0.1) is 0 Å². The van der Waals surface area contributed by atoms with E-state index in [0.717, 1.165) is 28.4 Å². The number of amides is 2. The molecule has 36 heavy (non-hydrogen) atoms. The minimum Gasteiger partial charge on any atom is -0.497 e. The highest BCUT2D eigenvalue weighted by molar-refractivity contribution is 5.94. The second kappa shape index (κ2) is 11.3. The van der Waals surface area contributed by atoms with Gasteiger partial charge in [-0.2, -0.15) is 5.10 Å². The molecule has 0 saturated carbocycles. The van der Waals surface area contributed by atoms with Crippen molar-refractivity contribution in [2.75, 3.05) is 26.1 Å². The van der Waals surface area contributed by atoms with E-state index in [9.17, 15) is 9.59 Å². The van der Waals surface area contributed by atoms with Crippen LogP contribution in [0.5, 0.6) is 11.5 Å². The van der Waals surface area contributed by atoms with Gasteiger partial charge in [-0.25, -0.2) is 4.68 Å². The molecule has 0 aliphatic heterocycles. The number of methoxy groups -OCH3 is 2. The van der Waals surface area contributed by atoms with Gasteiger partial charge in [-0.1, -0.05) is 32.9 Å². The number of aromatic nitrogens is 2. The van der Waals surface area contributed by atoms with E-state index >= 15 is 0 Å². The van der Waals surface area contributed by atoms with Gasteiger partial charge < -0.3 is 19.7 Å². The van der Waals surface area contributed by atoms with Crippen LogP contribution in [0.25, 0.3) is 5.69 Å². The van der Waals surface area contributed by atoms with E-state index < -0.39 is 0 Å². The molecule has 2 amide bonds. The van der Waals surface area contributed by atoms with Gasteiger partial charge in [0.1, 0.15) is 23.9 Å². The lowest BCUT2D eigenvalue weighted by molar-refractivity contribution is -0.135. The first-order chi connectivity index (χ1) is 17.0. The van der Waals surface area contributed by atoms with Gasteiger partial charge in [0.05, 0.1) is 32.0 Å². The van der Waals surface area contributed by atoms with Crippen LogP contribution >= 0.6 is 0 Å². The maximum Gasteiger partial charge on any atom is 0.245 e. The summed E-state index contributed by atoms with van der Waals surface area (Å²) in [5.74, 6) is 1.59. The number of hydrogen-bond acceptors (Lipinski definition) is 5. The largest absolute Gasteiger partial charge is 0.497 e. The number of nitrogens with one attached hydrogen (secondary N) is 1. The Morgan fingerprint density at radius 2 is 1.53 bits per heavy atom. The Morgan fingerprint density at radius 3 is 2.03 bits per heavy atom. The molecule has 0 atom stereocenters. The Morgan fingerprint density at radius 1 is 0.972 bits per heavy atom. The molecule has 3 rings (SSSR count). The van der Waals surface area contributed by atoms with Crippen LogP contribution in [-0.4, -0.2) is 53.3 Å². The Bertz CT molecular complexity index is 1180. The van der Waals surface area contributed by atoms with E-state index in [1.165, 1.54) is 0 Å². The van der Waals surface area contributed by atoms with Crippen LogP contribution in [0.4, 0.5) is 5.82 Å². The summed E-state index contributed by atoms with van der Waals surface area (Å²) in [4.78, 5) is 27.8. The summed E-state index contributed by atoms with van der Waals surface area (Å²) in [5, 5.41) is 7.72. The number of carbonyl (C=O) groups is 2. The first-order valence-corrected chi connectivity index (χ1v) is 12.0. The highest BCUT2D eigenvalue weighted by atomic mass is 16.5. The lowest BCUT2D eigenvalue weighted by Crippen LogP contribution is -2.43. The fourth-order valence-electron chi connectivity index (χ4n) is 3.67. The van der Waals surface area contributed by atoms with Gasteiger partial charge >= 0.3 is 0 Å². The van der Waals surface area contributed by atoms with Crippen LogP contribution in [0, 0.1) is 0 Å². The number of anilines is 1. The summed E-state index contributed by atoms with van der Waals surface area (Å²) in [5.41, 5.74) is 2.28. The highest BCUT2D eigenvalue weighted by Gasteiger charge is 2.24. The summed E-state index contributed by atoms with van der Waals surface area (Å²) in [6, 6.07) is 16.5. The maximum atomic E-state index is 13.1. The molecule has 0 fully saturated rings. The Labute approximate surface area is 213 Å². The van der Waals surface area contributed by atoms with Gasteiger partial charge in [0.25, 0.3) is 0 Å². The highest BCUT2D eigenvalue weighted by Crippen LogP contribution is 2.27. The molecule has 2 aromatic carbocycles. The molecular formula is C28H36N4O4. The fourth-order valence-corrected chi connectivity index (χ4v) is 3.67. The molecule has 0 saturated heterocycles. The molecule has 0 spiro atoms. The minimum atomic E-state index is -0.290. The topological polar surface area (TPSA) is 85.7 Å². The quantitative estimate of drug-likeness (QED) is 0.472. The average molecular weight is 493 g/mol. The summed E-state index contributed by atoms with van der Waals surface area (Å²) in [6.07, 6.45) is 0.202. The molecule has 3 aromatic rings. The summed E-state index contributed by atoms with van der Waals surface area (Å²) in [6.45, 7) is 9.94. The second-order valence-electron chi connectivity index (χ2n) is 9.96. The number of carbonyl (C=O) groups excluding carboxylic acids is 2. The fraction of sp³-hybridized carbons (Fsp3) is 0.393. The number of rotatable bonds is 9. The maximum absolute atomic E-state index is 13.1. The predicted octanol–water partition coefficient (Wildman–Crippen LogP) is 4.61. The molecule has 0 unspecified atom stereocenters. The van der Waals surface area contributed by atoms with Crippen molar-refractivity contribution in [1.82, 2.24) is 14.7 Å². The lowest BCUT2D eigenvalue weighted by Gasteiger charge is -2.26. The van der Waals surface area contributed by atoms with Crippen molar-refractivity contribution in [3.63, 3.8) is 0 Å². The minimum absolute atomic E-state index is 0.0642. The normalized spacial score (nSPS) is 11.3. The molecule has 1 N–H and O–H groups in total. The van der Waals surface area contributed by atoms with Crippen LogP contribution < -0.4 is 14.8 Å². The molecule has 0 radical (unpaired) electrons. The zero-order valence-electron chi connectivity index (χ0n) is 22.2. The standard InChI is InChI=1S/C28H36N4O4/c1-19(2)31(27(34)16-20-8-12-22(35-6)13-9-20)18-26(33)29-25-17-24(28(3,4)5)30-32(25)21-10-14-23(36-7)15-11-21/h8-15,17,19H,16,18H2,1-7H3,(H,29,33). The van der Waals surface area contributed by atoms with Crippen molar-refractivity contribution in [3.05, 3.63) is 65.9 Å². The summed E-state index contributed by atoms with van der Waals surface area (Å²) >= 11 is 0. The Balaban J connectivity index is 1.79. The van der Waals surface area contributed by atoms with Crippen molar-refractivity contribution < 1.29 is 19.1 Å². The zero-order chi connectivity index (χ0) is 26.5. The molecule has 1 heterocycles.